The molecule has 5 aromatic rings. The van der Waals surface area contributed by atoms with Gasteiger partial charge in [-0.1, -0.05) is 41.9 Å². The molecule has 2 aromatic heterocycles. The van der Waals surface area contributed by atoms with Gasteiger partial charge in [-0.3, -0.25) is 9.59 Å². The normalized spacial score (nSPS) is 11.4. The average Bonchev–Trinajstić information content (AvgIpc) is 3.69. The summed E-state index contributed by atoms with van der Waals surface area (Å²) in [7, 11) is 0. The Morgan fingerprint density at radius 2 is 1.79 bits per heavy atom. The first-order valence-electron chi connectivity index (χ1n) is 13.9. The lowest BCUT2D eigenvalue weighted by Gasteiger charge is -2.15. The molecule has 5 rings (SSSR count). The van der Waals surface area contributed by atoms with Crippen LogP contribution in [0.25, 0.3) is 5.69 Å². The molecule has 0 aliphatic carbocycles. The molecule has 2 heterocycles. The highest BCUT2D eigenvalue weighted by Crippen LogP contribution is 2.27. The predicted octanol–water partition coefficient (Wildman–Crippen LogP) is 5.72. The van der Waals surface area contributed by atoms with Gasteiger partial charge in [0.05, 0.1) is 28.0 Å². The van der Waals surface area contributed by atoms with E-state index in [0.717, 1.165) is 0 Å². The van der Waals surface area contributed by atoms with Gasteiger partial charge in [0.1, 0.15) is 18.0 Å². The molecular weight excluding hydrogens is 663 g/mol. The number of rotatable bonds is 11. The highest BCUT2D eigenvalue weighted by Gasteiger charge is 2.37. The summed E-state index contributed by atoms with van der Waals surface area (Å²) in [5.74, 6) is -2.84. The minimum absolute atomic E-state index is 0.0114. The van der Waals surface area contributed by atoms with Crippen molar-refractivity contribution in [3.05, 3.63) is 117 Å². The van der Waals surface area contributed by atoms with E-state index in [2.05, 4.69) is 30.6 Å². The average molecular weight is 685 g/mol. The number of nitrogens with zero attached hydrogens (tertiary/aromatic N) is 7. The maximum absolute atomic E-state index is 13.9. The van der Waals surface area contributed by atoms with Gasteiger partial charge in [0.15, 0.2) is 5.78 Å². The van der Waals surface area contributed by atoms with Gasteiger partial charge in [0, 0.05) is 24.1 Å². The molecule has 0 saturated heterocycles. The van der Waals surface area contributed by atoms with Crippen molar-refractivity contribution in [2.45, 2.75) is 39.2 Å². The number of amides is 1. The van der Waals surface area contributed by atoms with Crippen molar-refractivity contribution < 1.29 is 36.3 Å². The van der Waals surface area contributed by atoms with Gasteiger partial charge in [0.25, 0.3) is 11.7 Å². The lowest BCUT2D eigenvalue weighted by atomic mass is 9.93. The molecule has 0 spiro atoms. The third-order valence-electron chi connectivity index (χ3n) is 6.95. The SMILES string of the molecule is Cc1cc(C#N)cc(C(=O)NCc2ccccc2OC(F)F)c1CC(=O)c1cc(Cn2nnc(C(F)(F)F)n2)nn1-c1ccccc1Cl. The van der Waals surface area contributed by atoms with E-state index in [1.54, 1.807) is 37.3 Å². The summed E-state index contributed by atoms with van der Waals surface area (Å²) in [6.07, 6.45) is -5.19. The van der Waals surface area contributed by atoms with Crippen LogP contribution in [0.2, 0.25) is 5.02 Å². The number of halogens is 6. The summed E-state index contributed by atoms with van der Waals surface area (Å²) in [5.41, 5.74) is 1.44. The third-order valence-corrected chi connectivity index (χ3v) is 7.27. The number of carbonyl (C=O) groups is 2. The fourth-order valence-electron chi connectivity index (χ4n) is 4.78. The smallest absolute Gasteiger partial charge is 0.434 e. The van der Waals surface area contributed by atoms with Crippen molar-refractivity contribution in [1.82, 2.24) is 35.3 Å². The van der Waals surface area contributed by atoms with E-state index in [0.29, 0.717) is 10.4 Å². The maximum Gasteiger partial charge on any atom is 0.455 e. The molecule has 17 heteroatoms. The van der Waals surface area contributed by atoms with Gasteiger partial charge >= 0.3 is 12.8 Å². The summed E-state index contributed by atoms with van der Waals surface area (Å²) < 4.78 is 70.6. The van der Waals surface area contributed by atoms with E-state index < -0.39 is 30.3 Å². The van der Waals surface area contributed by atoms with Crippen LogP contribution in [0, 0.1) is 18.3 Å². The molecule has 3 aromatic carbocycles. The van der Waals surface area contributed by atoms with E-state index in [9.17, 15) is 36.8 Å². The van der Waals surface area contributed by atoms with Crippen LogP contribution in [0.15, 0.2) is 66.7 Å². The minimum atomic E-state index is -4.82. The summed E-state index contributed by atoms with van der Waals surface area (Å²) >= 11 is 6.40. The van der Waals surface area contributed by atoms with Crippen LogP contribution in [0.3, 0.4) is 0 Å². The van der Waals surface area contributed by atoms with Gasteiger partial charge in [-0.25, -0.2) is 4.68 Å². The zero-order valence-corrected chi connectivity index (χ0v) is 25.4. The van der Waals surface area contributed by atoms with E-state index in [1.807, 2.05) is 6.07 Å². The van der Waals surface area contributed by atoms with Crippen molar-refractivity contribution in [3.63, 3.8) is 0 Å². The zero-order chi connectivity index (χ0) is 34.6. The van der Waals surface area contributed by atoms with E-state index >= 15 is 0 Å². The van der Waals surface area contributed by atoms with E-state index in [1.165, 1.54) is 41.1 Å². The molecule has 48 heavy (non-hydrogen) atoms. The van der Waals surface area contributed by atoms with Gasteiger partial charge in [-0.05, 0) is 59.7 Å². The van der Waals surface area contributed by atoms with E-state index in [-0.39, 0.29) is 69.6 Å². The number of ether oxygens (including phenoxy) is 1. The number of Topliss-reactive ketones (excluding diaryl/α,β-unsaturated/α-hetero) is 1. The van der Waals surface area contributed by atoms with Crippen LogP contribution < -0.4 is 10.1 Å². The first-order valence-corrected chi connectivity index (χ1v) is 14.3. The second-order valence-electron chi connectivity index (χ2n) is 10.2. The van der Waals surface area contributed by atoms with Crippen LogP contribution in [-0.4, -0.2) is 48.3 Å². The summed E-state index contributed by atoms with van der Waals surface area (Å²) in [6, 6.07) is 18.4. The molecule has 0 atom stereocenters. The number of nitriles is 1. The van der Waals surface area contributed by atoms with Crippen molar-refractivity contribution in [1.29, 1.82) is 5.26 Å². The lowest BCUT2D eigenvalue weighted by molar-refractivity contribution is -0.145. The molecule has 1 amide bonds. The number of alkyl halides is 5. The summed E-state index contributed by atoms with van der Waals surface area (Å²) in [4.78, 5) is 28.1. The number of aryl methyl sites for hydroxylation is 1. The molecule has 0 unspecified atom stereocenters. The van der Waals surface area contributed by atoms with Crippen molar-refractivity contribution in [2.75, 3.05) is 0 Å². The molecule has 0 fully saturated rings. The third kappa shape index (κ3) is 7.64. The van der Waals surface area contributed by atoms with Crippen LogP contribution >= 0.6 is 11.6 Å². The topological polar surface area (TPSA) is 141 Å². The highest BCUT2D eigenvalue weighted by atomic mass is 35.5. The minimum Gasteiger partial charge on any atom is -0.434 e. The standard InChI is InChI=1S/C31H22ClF5N8O3/c1-17-10-18(14-38)11-22(28(47)39-15-19-6-2-5-9-27(19)48-30(33)34)21(17)13-26(46)25-12-20(16-44-42-29(40-43-44)31(35,36)37)41-45(25)24-8-4-3-7-23(24)32/h2-12,30H,13,15-16H2,1H3,(H,39,47). The largest absolute Gasteiger partial charge is 0.455 e. The lowest BCUT2D eigenvalue weighted by Crippen LogP contribution is -2.26. The van der Waals surface area contributed by atoms with Gasteiger partial charge < -0.3 is 10.1 Å². The van der Waals surface area contributed by atoms with Gasteiger partial charge in [0.2, 0.25) is 0 Å². The Bertz CT molecular complexity index is 2040. The summed E-state index contributed by atoms with van der Waals surface area (Å²) in [5, 5.41) is 26.5. The Hall–Kier alpha value is -5.69. The van der Waals surface area contributed by atoms with E-state index in [4.69, 9.17) is 11.6 Å². The second kappa shape index (κ2) is 14.0. The molecule has 0 aliphatic heterocycles. The van der Waals surface area contributed by atoms with Crippen LogP contribution in [-0.2, 0) is 25.7 Å². The van der Waals surface area contributed by atoms with Crippen molar-refractivity contribution in [2.24, 2.45) is 0 Å². The molecule has 0 bridgehead atoms. The number of nitrogens with one attached hydrogen (secondary N) is 1. The molecule has 246 valence electrons. The molecule has 0 saturated carbocycles. The monoisotopic (exact) mass is 684 g/mol. The molecular formula is C31H22ClF5N8O3. The Kier molecular flexibility index (Phi) is 9.80. The van der Waals surface area contributed by atoms with Crippen LogP contribution in [0.1, 0.15) is 54.6 Å². The van der Waals surface area contributed by atoms with Crippen molar-refractivity contribution in [3.8, 4) is 17.5 Å². The molecule has 0 radical (unpaired) electrons. The first kappa shape index (κ1) is 33.7. The number of para-hydroxylation sites is 2. The number of hydrogen-bond acceptors (Lipinski definition) is 8. The maximum atomic E-state index is 13.9. The quantitative estimate of drug-likeness (QED) is 0.138. The number of benzene rings is 3. The molecule has 1 N–H and O–H groups in total. The van der Waals surface area contributed by atoms with Gasteiger partial charge in [-0.15, -0.1) is 10.2 Å². The Balaban J connectivity index is 1.47. The van der Waals surface area contributed by atoms with Crippen molar-refractivity contribution >= 4 is 23.3 Å². The van der Waals surface area contributed by atoms with Gasteiger partial charge in [-0.2, -0.15) is 37.1 Å². The molecule has 0 aliphatic rings. The number of tetrazole rings is 1. The number of ketones is 1. The Morgan fingerprint density at radius 1 is 1.06 bits per heavy atom. The molecule has 11 nitrogen and oxygen atoms in total. The number of carbonyl (C=O) groups excluding carboxylic acids is 2. The zero-order valence-electron chi connectivity index (χ0n) is 24.7. The highest BCUT2D eigenvalue weighted by molar-refractivity contribution is 6.32. The predicted molar refractivity (Wildman–Crippen MR) is 159 cm³/mol. The van der Waals surface area contributed by atoms with Crippen LogP contribution in [0.4, 0.5) is 22.0 Å². The Labute approximate surface area is 273 Å². The Morgan fingerprint density at radius 3 is 2.48 bits per heavy atom. The number of aromatic nitrogens is 6. The summed E-state index contributed by atoms with van der Waals surface area (Å²) in [6.45, 7) is -2.06. The fraction of sp³-hybridized carbons (Fsp3) is 0.194. The first-order chi connectivity index (χ1) is 22.8. The fourth-order valence-corrected chi connectivity index (χ4v) is 5.00. The van der Waals surface area contributed by atoms with Crippen LogP contribution in [0.5, 0.6) is 5.75 Å². The second-order valence-corrected chi connectivity index (χ2v) is 10.6. The number of hydrogen-bond donors (Lipinski definition) is 1.